The highest BCUT2D eigenvalue weighted by Gasteiger charge is 2.48. The van der Waals surface area contributed by atoms with Gasteiger partial charge in [-0.1, -0.05) is 0 Å². The van der Waals surface area contributed by atoms with Gasteiger partial charge in [0.05, 0.1) is 10.3 Å². The van der Waals surface area contributed by atoms with Crippen molar-refractivity contribution < 1.29 is 12.8 Å². The van der Waals surface area contributed by atoms with Crippen molar-refractivity contribution in [3.8, 4) is 0 Å². The number of hydrogen-bond donors (Lipinski definition) is 0. The topological polar surface area (TPSA) is 40.6 Å². The molecule has 0 bridgehead atoms. The largest absolute Gasteiger partial charge is 0.306 e. The van der Waals surface area contributed by atoms with Crippen LogP contribution in [0.25, 0.3) is 0 Å². The van der Waals surface area contributed by atoms with E-state index < -0.39 is 15.8 Å². The van der Waals surface area contributed by atoms with E-state index in [1.165, 1.54) is 24.3 Å². The third kappa shape index (κ3) is 2.91. The molecule has 2 aliphatic rings. The summed E-state index contributed by atoms with van der Waals surface area (Å²) in [4.78, 5) is 2.46. The van der Waals surface area contributed by atoms with Crippen molar-refractivity contribution in [2.75, 3.05) is 26.7 Å². The van der Waals surface area contributed by atoms with Gasteiger partial charge in [0.2, 0.25) is 10.0 Å². The number of rotatable bonds is 2. The van der Waals surface area contributed by atoms with Gasteiger partial charge in [-0.2, -0.15) is 4.31 Å². The van der Waals surface area contributed by atoms with Crippen molar-refractivity contribution in [2.45, 2.75) is 34.8 Å². The average Bonchev–Trinajstić information content (AvgIpc) is 2.81. The van der Waals surface area contributed by atoms with Crippen LogP contribution in [0.3, 0.4) is 0 Å². The Balaban J connectivity index is 1.84. The molecule has 0 N–H and O–H groups in total. The first kappa shape index (κ1) is 16.2. The minimum atomic E-state index is -3.56. The van der Waals surface area contributed by atoms with E-state index in [1.807, 2.05) is 6.92 Å². The minimum Gasteiger partial charge on any atom is -0.306 e. The number of benzene rings is 1. The van der Waals surface area contributed by atoms with Crippen molar-refractivity contribution in [3.63, 3.8) is 0 Å². The predicted octanol–water partition coefficient (Wildman–Crippen LogP) is 2.37. The molecule has 122 valence electrons. The highest BCUT2D eigenvalue weighted by atomic mass is 32.2. The normalized spacial score (nSPS) is 26.6. The van der Waals surface area contributed by atoms with E-state index in [4.69, 9.17) is 0 Å². The predicted molar refractivity (Wildman–Crippen MR) is 86.8 cm³/mol. The monoisotopic (exact) mass is 344 g/mol. The molecule has 0 saturated carbocycles. The zero-order valence-corrected chi connectivity index (χ0v) is 14.5. The Morgan fingerprint density at radius 1 is 1.23 bits per heavy atom. The van der Waals surface area contributed by atoms with Crippen LogP contribution in [0.2, 0.25) is 0 Å². The number of sulfonamides is 1. The number of nitrogens with zero attached hydrogens (tertiary/aromatic N) is 2. The van der Waals surface area contributed by atoms with Crippen molar-refractivity contribution in [1.82, 2.24) is 9.21 Å². The zero-order chi connectivity index (χ0) is 16.0. The second-order valence-corrected chi connectivity index (χ2v) is 9.88. The molecule has 1 spiro atoms. The van der Waals surface area contributed by atoms with Crippen LogP contribution in [0.15, 0.2) is 29.2 Å². The molecule has 2 aliphatic heterocycles. The van der Waals surface area contributed by atoms with Gasteiger partial charge in [0, 0.05) is 11.3 Å². The molecule has 2 saturated heterocycles. The number of hydrogen-bond acceptors (Lipinski definition) is 4. The van der Waals surface area contributed by atoms with Crippen LogP contribution in [-0.4, -0.2) is 54.4 Å². The molecule has 2 fully saturated rings. The fraction of sp³-hybridized carbons (Fsp3) is 0.600. The van der Waals surface area contributed by atoms with Gasteiger partial charge in [0.15, 0.2) is 0 Å². The summed E-state index contributed by atoms with van der Waals surface area (Å²) in [6.45, 7) is 4.50. The van der Waals surface area contributed by atoms with Crippen molar-refractivity contribution >= 4 is 21.8 Å². The third-order valence-corrected chi connectivity index (χ3v) is 8.29. The number of thioether (sulfide) groups is 1. The zero-order valence-electron chi connectivity index (χ0n) is 12.8. The SMILES string of the molecule is CC1SC2(CCN(C)CC2)CN1S(=O)(=O)c1ccc(F)cc1. The molecule has 7 heteroatoms. The molecule has 1 aromatic rings. The molecular formula is C15H21FN2O2S2. The lowest BCUT2D eigenvalue weighted by Crippen LogP contribution is -2.44. The summed E-state index contributed by atoms with van der Waals surface area (Å²) in [5.74, 6) is -0.422. The Hall–Kier alpha value is -0.630. The average molecular weight is 344 g/mol. The van der Waals surface area contributed by atoms with Gasteiger partial charge < -0.3 is 4.90 Å². The second-order valence-electron chi connectivity index (χ2n) is 6.21. The van der Waals surface area contributed by atoms with Gasteiger partial charge in [0.1, 0.15) is 5.82 Å². The summed E-state index contributed by atoms with van der Waals surface area (Å²) in [6, 6.07) is 5.10. The maximum atomic E-state index is 13.0. The second kappa shape index (κ2) is 5.78. The highest BCUT2D eigenvalue weighted by molar-refractivity contribution is 8.02. The molecule has 1 unspecified atom stereocenters. The molecule has 0 amide bonds. The van der Waals surface area contributed by atoms with Crippen LogP contribution in [0, 0.1) is 5.82 Å². The molecule has 0 radical (unpaired) electrons. The maximum Gasteiger partial charge on any atom is 0.244 e. The molecule has 0 aliphatic carbocycles. The smallest absolute Gasteiger partial charge is 0.244 e. The fourth-order valence-corrected chi connectivity index (χ4v) is 6.85. The molecule has 1 atom stereocenters. The molecule has 1 aromatic carbocycles. The van der Waals surface area contributed by atoms with Crippen LogP contribution in [0.4, 0.5) is 4.39 Å². The lowest BCUT2D eigenvalue weighted by Gasteiger charge is -2.36. The maximum absolute atomic E-state index is 13.0. The lowest BCUT2D eigenvalue weighted by molar-refractivity contribution is 0.228. The van der Waals surface area contributed by atoms with Crippen LogP contribution in [0.5, 0.6) is 0 Å². The molecular weight excluding hydrogens is 323 g/mol. The summed E-state index contributed by atoms with van der Waals surface area (Å²) in [7, 11) is -1.46. The van der Waals surface area contributed by atoms with E-state index in [0.717, 1.165) is 25.9 Å². The minimum absolute atomic E-state index is 0.0268. The van der Waals surface area contributed by atoms with Crippen LogP contribution >= 0.6 is 11.8 Å². The molecule has 2 heterocycles. The first-order chi connectivity index (χ1) is 10.3. The van der Waals surface area contributed by atoms with E-state index in [1.54, 1.807) is 16.1 Å². The van der Waals surface area contributed by atoms with Crippen LogP contribution < -0.4 is 0 Å². The number of piperidine rings is 1. The van der Waals surface area contributed by atoms with Gasteiger partial charge in [0.25, 0.3) is 0 Å². The lowest BCUT2D eigenvalue weighted by atomic mass is 9.96. The fourth-order valence-electron chi connectivity index (χ4n) is 3.19. The van der Waals surface area contributed by atoms with Crippen LogP contribution in [-0.2, 0) is 10.0 Å². The Morgan fingerprint density at radius 2 is 1.82 bits per heavy atom. The van der Waals surface area contributed by atoms with Crippen molar-refractivity contribution in [1.29, 1.82) is 0 Å². The first-order valence-corrected chi connectivity index (χ1v) is 9.78. The van der Waals surface area contributed by atoms with Crippen LogP contribution in [0.1, 0.15) is 19.8 Å². The van der Waals surface area contributed by atoms with Crippen molar-refractivity contribution in [2.24, 2.45) is 0 Å². The van der Waals surface area contributed by atoms with Gasteiger partial charge in [-0.25, -0.2) is 12.8 Å². The van der Waals surface area contributed by atoms with E-state index in [9.17, 15) is 12.8 Å². The number of halogens is 1. The van der Waals surface area contributed by atoms with Gasteiger partial charge in [-0.15, -0.1) is 11.8 Å². The summed E-state index contributed by atoms with van der Waals surface area (Å²) >= 11 is 1.77. The Kier molecular flexibility index (Phi) is 4.26. The van der Waals surface area contributed by atoms with E-state index in [0.29, 0.717) is 6.54 Å². The standard InChI is InChI=1S/C15H21FN2O2S2/c1-12-18(11-15(21-12)7-9-17(2)10-8-15)22(19,20)14-5-3-13(16)4-6-14/h3-6,12H,7-11H2,1-2H3. The summed E-state index contributed by atoms with van der Waals surface area (Å²) in [5, 5.41) is -0.0848. The molecule has 3 rings (SSSR count). The Morgan fingerprint density at radius 3 is 2.41 bits per heavy atom. The highest BCUT2D eigenvalue weighted by Crippen LogP contribution is 2.47. The quantitative estimate of drug-likeness (QED) is 0.826. The summed E-state index contributed by atoms with van der Waals surface area (Å²) in [6.07, 6.45) is 2.02. The van der Waals surface area contributed by atoms with Gasteiger partial charge >= 0.3 is 0 Å². The molecule has 4 nitrogen and oxygen atoms in total. The van der Waals surface area contributed by atoms with E-state index >= 15 is 0 Å². The van der Waals surface area contributed by atoms with Gasteiger partial charge in [-0.3, -0.25) is 0 Å². The Labute approximate surface area is 135 Å². The van der Waals surface area contributed by atoms with Crippen molar-refractivity contribution in [3.05, 3.63) is 30.1 Å². The van der Waals surface area contributed by atoms with E-state index in [2.05, 4.69) is 11.9 Å². The van der Waals surface area contributed by atoms with Gasteiger partial charge in [-0.05, 0) is 64.2 Å². The Bertz CT molecular complexity index is 640. The first-order valence-electron chi connectivity index (χ1n) is 7.46. The third-order valence-electron chi connectivity index (χ3n) is 4.59. The molecule has 0 aromatic heterocycles. The summed E-state index contributed by atoms with van der Waals surface area (Å²) in [5.41, 5.74) is 0. The molecule has 22 heavy (non-hydrogen) atoms. The van der Waals surface area contributed by atoms with E-state index in [-0.39, 0.29) is 15.0 Å². The number of likely N-dealkylation sites (tertiary alicyclic amines) is 1. The summed E-state index contributed by atoms with van der Waals surface area (Å²) < 4.78 is 40.3.